The molecule has 23 heavy (non-hydrogen) atoms. The van der Waals surface area contributed by atoms with Crippen LogP contribution in [0.3, 0.4) is 0 Å². The van der Waals surface area contributed by atoms with Crippen molar-refractivity contribution >= 4 is 17.3 Å². The van der Waals surface area contributed by atoms with Gasteiger partial charge in [-0.2, -0.15) is 5.10 Å². The fourth-order valence-electron chi connectivity index (χ4n) is 2.88. The maximum atomic E-state index is 6.23. The molecule has 0 unspecified atom stereocenters. The average Bonchev–Trinajstić information content (AvgIpc) is 2.97. The first-order chi connectivity index (χ1) is 11.2. The van der Waals surface area contributed by atoms with E-state index >= 15 is 0 Å². The third kappa shape index (κ3) is 2.28. The molecule has 0 bridgehead atoms. The lowest BCUT2D eigenvalue weighted by Crippen LogP contribution is -2.23. The molecule has 4 rings (SSSR count). The molecule has 114 valence electrons. The van der Waals surface area contributed by atoms with Gasteiger partial charge < -0.3 is 9.64 Å². The Bertz CT molecular complexity index is 866. The van der Waals surface area contributed by atoms with Gasteiger partial charge in [-0.1, -0.05) is 60.7 Å². The van der Waals surface area contributed by atoms with Crippen molar-refractivity contribution in [3.63, 3.8) is 0 Å². The van der Waals surface area contributed by atoms with Crippen LogP contribution in [-0.2, 0) is 7.05 Å². The van der Waals surface area contributed by atoms with Gasteiger partial charge in [0.1, 0.15) is 0 Å². The Kier molecular flexibility index (Phi) is 3.15. The third-order valence-corrected chi connectivity index (χ3v) is 3.94. The smallest absolute Gasteiger partial charge is 0.198 e. The lowest BCUT2D eigenvalue weighted by molar-refractivity contribution is 0.508. The van der Waals surface area contributed by atoms with Crippen LogP contribution in [0, 0.1) is 0 Å². The van der Waals surface area contributed by atoms with Crippen molar-refractivity contribution in [2.75, 3.05) is 11.9 Å². The van der Waals surface area contributed by atoms with Crippen LogP contribution in [0.15, 0.2) is 66.9 Å². The molecule has 0 saturated heterocycles. The first-order valence-corrected chi connectivity index (χ1v) is 7.54. The van der Waals surface area contributed by atoms with Gasteiger partial charge in [0.15, 0.2) is 17.3 Å². The van der Waals surface area contributed by atoms with E-state index in [2.05, 4.69) is 34.3 Å². The van der Waals surface area contributed by atoms with E-state index in [1.807, 2.05) is 56.7 Å². The Hall–Kier alpha value is -3.01. The maximum absolute atomic E-state index is 6.23. The number of benzene rings is 2. The van der Waals surface area contributed by atoms with Crippen LogP contribution in [0.25, 0.3) is 11.5 Å². The van der Waals surface area contributed by atoms with Gasteiger partial charge in [0.25, 0.3) is 0 Å². The Morgan fingerprint density at radius 1 is 0.826 bits per heavy atom. The summed E-state index contributed by atoms with van der Waals surface area (Å²) >= 11 is 0. The number of rotatable bonds is 2. The zero-order chi connectivity index (χ0) is 15.8. The molecule has 0 saturated carbocycles. The molecule has 1 aromatic heterocycles. The second-order valence-corrected chi connectivity index (χ2v) is 5.56. The van der Waals surface area contributed by atoms with Gasteiger partial charge in [0.05, 0.1) is 11.9 Å². The highest BCUT2D eigenvalue weighted by atomic mass is 16.5. The van der Waals surface area contributed by atoms with Crippen LogP contribution in [0.5, 0.6) is 5.75 Å². The normalized spacial score (nSPS) is 13.7. The first-order valence-electron chi connectivity index (χ1n) is 7.54. The van der Waals surface area contributed by atoms with E-state index in [1.165, 1.54) is 0 Å². The quantitative estimate of drug-likeness (QED) is 0.722. The molecule has 2 aromatic carbocycles. The van der Waals surface area contributed by atoms with Crippen LogP contribution < -0.4 is 9.64 Å². The lowest BCUT2D eigenvalue weighted by Gasteiger charge is -2.29. The summed E-state index contributed by atoms with van der Waals surface area (Å²) in [4.78, 5) is 2.09. The Morgan fingerprint density at radius 3 is 2.09 bits per heavy atom. The summed E-state index contributed by atoms with van der Waals surface area (Å²) in [5, 5.41) is 4.52. The van der Waals surface area contributed by atoms with Gasteiger partial charge in [0, 0.05) is 25.2 Å². The molecule has 0 fully saturated rings. The fraction of sp³-hybridized carbons (Fsp3) is 0.105. The maximum Gasteiger partial charge on any atom is 0.198 e. The lowest BCUT2D eigenvalue weighted by atomic mass is 10.0. The summed E-state index contributed by atoms with van der Waals surface area (Å²) in [6.07, 6.45) is 1.90. The van der Waals surface area contributed by atoms with Crippen molar-refractivity contribution in [3.05, 3.63) is 78.0 Å². The van der Waals surface area contributed by atoms with E-state index in [1.54, 1.807) is 4.68 Å². The number of fused-ring (bicyclic) bond motifs is 1. The Morgan fingerprint density at radius 2 is 1.43 bits per heavy atom. The Labute approximate surface area is 135 Å². The number of anilines is 1. The van der Waals surface area contributed by atoms with Gasteiger partial charge in [-0.25, -0.2) is 0 Å². The van der Waals surface area contributed by atoms with E-state index in [0.29, 0.717) is 0 Å². The van der Waals surface area contributed by atoms with Crippen molar-refractivity contribution in [2.24, 2.45) is 7.05 Å². The van der Waals surface area contributed by atoms with Crippen LogP contribution in [0.2, 0.25) is 0 Å². The number of hydrogen-bond donors (Lipinski definition) is 0. The van der Waals surface area contributed by atoms with E-state index in [-0.39, 0.29) is 0 Å². The fourth-order valence-corrected chi connectivity index (χ4v) is 2.88. The Balaban J connectivity index is 1.94. The molecule has 0 atom stereocenters. The number of hydrogen-bond acceptors (Lipinski definition) is 3. The second kappa shape index (κ2) is 5.32. The van der Waals surface area contributed by atoms with Gasteiger partial charge in [-0.3, -0.25) is 4.68 Å². The molecule has 4 nitrogen and oxygen atoms in total. The molecule has 3 aromatic rings. The molecule has 0 aliphatic carbocycles. The largest absolute Gasteiger partial charge is 0.449 e. The van der Waals surface area contributed by atoms with Crippen LogP contribution >= 0.6 is 0 Å². The van der Waals surface area contributed by atoms with Crippen molar-refractivity contribution in [3.8, 4) is 5.75 Å². The topological polar surface area (TPSA) is 30.3 Å². The van der Waals surface area contributed by atoms with Gasteiger partial charge in [0.2, 0.25) is 0 Å². The number of aryl methyl sites for hydroxylation is 1. The first kappa shape index (κ1) is 13.6. The molecular weight excluding hydrogens is 286 g/mol. The summed E-state index contributed by atoms with van der Waals surface area (Å²) in [6, 6.07) is 20.4. The monoisotopic (exact) mass is 303 g/mol. The number of aromatic nitrogens is 2. The molecule has 1 aliphatic rings. The molecule has 0 amide bonds. The molecule has 1 aliphatic heterocycles. The summed E-state index contributed by atoms with van der Waals surface area (Å²) in [7, 11) is 3.93. The van der Waals surface area contributed by atoms with Gasteiger partial charge in [-0.15, -0.1) is 0 Å². The van der Waals surface area contributed by atoms with Gasteiger partial charge in [-0.05, 0) is 0 Å². The highest BCUT2D eigenvalue weighted by Crippen LogP contribution is 2.42. The van der Waals surface area contributed by atoms with Crippen molar-refractivity contribution in [1.29, 1.82) is 0 Å². The molecule has 0 spiro atoms. The standard InChI is InChI=1S/C19H17N3O/c1-21-13-16-19(20-21)22(2)17(14-9-5-3-6-10-14)18(23-16)15-11-7-4-8-12-15/h3-13H,1-2H3. The van der Waals surface area contributed by atoms with E-state index in [9.17, 15) is 0 Å². The van der Waals surface area contributed by atoms with Crippen LogP contribution in [0.1, 0.15) is 11.1 Å². The summed E-state index contributed by atoms with van der Waals surface area (Å²) in [6.45, 7) is 0. The van der Waals surface area contributed by atoms with E-state index in [4.69, 9.17) is 4.74 Å². The minimum atomic E-state index is 0.772. The summed E-state index contributed by atoms with van der Waals surface area (Å²) in [5.41, 5.74) is 3.17. The second-order valence-electron chi connectivity index (χ2n) is 5.56. The van der Waals surface area contributed by atoms with Crippen molar-refractivity contribution in [2.45, 2.75) is 0 Å². The van der Waals surface area contributed by atoms with Crippen LogP contribution in [0.4, 0.5) is 5.82 Å². The average molecular weight is 303 g/mol. The minimum Gasteiger partial charge on any atom is -0.449 e. The predicted molar refractivity (Wildman–Crippen MR) is 91.9 cm³/mol. The zero-order valence-electron chi connectivity index (χ0n) is 13.1. The molecule has 0 radical (unpaired) electrons. The summed E-state index contributed by atoms with van der Waals surface area (Å²) < 4.78 is 8.01. The SMILES string of the molecule is CN1C(c2ccccc2)=C(c2ccccc2)Oc2cn(C)nc21. The minimum absolute atomic E-state index is 0.772. The van der Waals surface area contributed by atoms with Gasteiger partial charge >= 0.3 is 0 Å². The number of nitrogens with zero attached hydrogens (tertiary/aromatic N) is 3. The molecule has 4 heteroatoms. The highest BCUT2D eigenvalue weighted by molar-refractivity contribution is 5.97. The van der Waals surface area contributed by atoms with E-state index in [0.717, 1.165) is 34.2 Å². The zero-order valence-corrected chi connectivity index (χ0v) is 13.1. The van der Waals surface area contributed by atoms with E-state index < -0.39 is 0 Å². The third-order valence-electron chi connectivity index (χ3n) is 3.94. The van der Waals surface area contributed by atoms with Crippen molar-refractivity contribution in [1.82, 2.24) is 9.78 Å². The molecular formula is C19H17N3O. The molecule has 0 N–H and O–H groups in total. The molecule has 2 heterocycles. The highest BCUT2D eigenvalue weighted by Gasteiger charge is 2.29. The van der Waals surface area contributed by atoms with Crippen LogP contribution in [-0.4, -0.2) is 16.8 Å². The number of ether oxygens (including phenoxy) is 1. The van der Waals surface area contributed by atoms with Crippen molar-refractivity contribution < 1.29 is 4.74 Å². The summed E-state index contributed by atoms with van der Waals surface area (Å²) in [5.74, 6) is 2.44. The predicted octanol–water partition coefficient (Wildman–Crippen LogP) is 3.77.